The average Bonchev–Trinajstić information content (AvgIpc) is 2.92. The van der Waals surface area contributed by atoms with Crippen LogP contribution in [0.5, 0.6) is 0 Å². The number of thioether (sulfide) groups is 1. The van der Waals surface area contributed by atoms with Crippen molar-refractivity contribution in [3.8, 4) is 0 Å². The van der Waals surface area contributed by atoms with Crippen molar-refractivity contribution in [2.75, 3.05) is 0 Å². The molecule has 150 valence electrons. The third kappa shape index (κ3) is 3.81. The molecule has 26 heavy (non-hydrogen) atoms. The highest BCUT2D eigenvalue weighted by Crippen LogP contribution is 2.56. The summed E-state index contributed by atoms with van der Waals surface area (Å²) in [5.74, 6) is -1.73. The van der Waals surface area contributed by atoms with E-state index in [0.717, 1.165) is 50.8 Å². The molecule has 0 aromatic heterocycles. The Morgan fingerprint density at radius 3 is 2.42 bits per heavy atom. The average molecular weight is 397 g/mol. The fourth-order valence-electron chi connectivity index (χ4n) is 4.99. The molecule has 3 rings (SSSR count). The van der Waals surface area contributed by atoms with Gasteiger partial charge in [0.25, 0.3) is 0 Å². The van der Waals surface area contributed by atoms with E-state index in [2.05, 4.69) is 13.0 Å². The lowest BCUT2D eigenvalue weighted by molar-refractivity contribution is -0.186. The summed E-state index contributed by atoms with van der Waals surface area (Å²) in [4.78, 5) is 0. The van der Waals surface area contributed by atoms with E-state index < -0.39 is 29.7 Å². The van der Waals surface area contributed by atoms with Crippen molar-refractivity contribution >= 4 is 11.8 Å². The van der Waals surface area contributed by atoms with Crippen molar-refractivity contribution in [2.45, 2.75) is 81.9 Å². The van der Waals surface area contributed by atoms with E-state index >= 15 is 4.39 Å². The molecule has 2 aliphatic carbocycles. The molecule has 3 aliphatic rings. The van der Waals surface area contributed by atoms with Gasteiger partial charge in [0.2, 0.25) is 0 Å². The summed E-state index contributed by atoms with van der Waals surface area (Å²) >= 11 is 1.15. The van der Waals surface area contributed by atoms with Gasteiger partial charge in [-0.25, -0.2) is 8.78 Å². The van der Waals surface area contributed by atoms with Crippen LogP contribution in [0.2, 0.25) is 0 Å². The number of allylic oxidation sites excluding steroid dienone is 2. The maximum absolute atomic E-state index is 15.3. The molecule has 0 spiro atoms. The first-order valence-corrected chi connectivity index (χ1v) is 10.7. The zero-order chi connectivity index (χ0) is 19.2. The SMILES string of the molecule is CC1CC=C(C2CCC3C(C)C(C(F)C(C)C(F)(F)F)SC3C2F)CC1. The van der Waals surface area contributed by atoms with Gasteiger partial charge in [0.05, 0.1) is 5.92 Å². The quantitative estimate of drug-likeness (QED) is 0.375. The van der Waals surface area contributed by atoms with Crippen LogP contribution < -0.4 is 0 Å². The first-order valence-electron chi connectivity index (χ1n) is 9.80. The maximum atomic E-state index is 15.3. The molecule has 0 aromatic rings. The summed E-state index contributed by atoms with van der Waals surface area (Å²) in [5.41, 5.74) is 1.19. The second kappa shape index (κ2) is 7.63. The van der Waals surface area contributed by atoms with Crippen LogP contribution in [0.4, 0.5) is 22.0 Å². The Morgan fingerprint density at radius 1 is 1.15 bits per heavy atom. The largest absolute Gasteiger partial charge is 0.394 e. The molecule has 9 atom stereocenters. The number of halogens is 5. The molecule has 1 saturated heterocycles. The zero-order valence-corrected chi connectivity index (χ0v) is 16.4. The van der Waals surface area contributed by atoms with Gasteiger partial charge in [-0.3, -0.25) is 0 Å². The molecule has 0 aromatic carbocycles. The van der Waals surface area contributed by atoms with E-state index in [1.54, 1.807) is 0 Å². The van der Waals surface area contributed by atoms with Crippen LogP contribution in [0.3, 0.4) is 0 Å². The lowest BCUT2D eigenvalue weighted by Crippen LogP contribution is -2.39. The Morgan fingerprint density at radius 2 is 1.85 bits per heavy atom. The van der Waals surface area contributed by atoms with Crippen LogP contribution in [-0.4, -0.2) is 29.0 Å². The minimum absolute atomic E-state index is 0.0157. The van der Waals surface area contributed by atoms with Crippen molar-refractivity contribution in [1.29, 1.82) is 0 Å². The van der Waals surface area contributed by atoms with Gasteiger partial charge < -0.3 is 0 Å². The monoisotopic (exact) mass is 396 g/mol. The molecule has 0 bridgehead atoms. The van der Waals surface area contributed by atoms with Crippen molar-refractivity contribution in [2.24, 2.45) is 29.6 Å². The van der Waals surface area contributed by atoms with E-state index in [9.17, 15) is 17.6 Å². The summed E-state index contributed by atoms with van der Waals surface area (Å²) in [5, 5.41) is -1.13. The summed E-state index contributed by atoms with van der Waals surface area (Å²) in [6.45, 7) is 4.91. The summed E-state index contributed by atoms with van der Waals surface area (Å²) in [6.07, 6.45) is -0.902. The predicted octanol–water partition coefficient (Wildman–Crippen LogP) is 6.75. The van der Waals surface area contributed by atoms with Gasteiger partial charge in [0, 0.05) is 16.4 Å². The first-order chi connectivity index (χ1) is 12.1. The highest BCUT2D eigenvalue weighted by molar-refractivity contribution is 8.00. The van der Waals surface area contributed by atoms with Crippen LogP contribution in [0, 0.1) is 29.6 Å². The van der Waals surface area contributed by atoms with Crippen molar-refractivity contribution in [3.63, 3.8) is 0 Å². The Bertz CT molecular complexity index is 531. The fraction of sp³-hybridized carbons (Fsp3) is 0.900. The summed E-state index contributed by atoms with van der Waals surface area (Å²) < 4.78 is 68.8. The van der Waals surface area contributed by atoms with Gasteiger partial charge in [0.15, 0.2) is 0 Å². The lowest BCUT2D eigenvalue weighted by atomic mass is 9.69. The van der Waals surface area contributed by atoms with Crippen LogP contribution in [0.25, 0.3) is 0 Å². The Balaban J connectivity index is 1.71. The zero-order valence-electron chi connectivity index (χ0n) is 15.6. The second-order valence-corrected chi connectivity index (χ2v) is 10.0. The van der Waals surface area contributed by atoms with E-state index in [1.807, 2.05) is 6.92 Å². The molecule has 0 radical (unpaired) electrons. The fourth-order valence-corrected chi connectivity index (χ4v) is 7.11. The number of rotatable bonds is 3. The van der Waals surface area contributed by atoms with E-state index in [1.165, 1.54) is 5.57 Å². The summed E-state index contributed by atoms with van der Waals surface area (Å²) in [7, 11) is 0. The molecule has 0 amide bonds. The number of hydrogen-bond acceptors (Lipinski definition) is 1. The van der Waals surface area contributed by atoms with Crippen LogP contribution in [-0.2, 0) is 0 Å². The second-order valence-electron chi connectivity index (χ2n) is 8.65. The van der Waals surface area contributed by atoms with E-state index in [4.69, 9.17) is 0 Å². The smallest absolute Gasteiger partial charge is 0.246 e. The minimum atomic E-state index is -4.55. The van der Waals surface area contributed by atoms with E-state index in [-0.39, 0.29) is 23.0 Å². The van der Waals surface area contributed by atoms with Crippen LogP contribution >= 0.6 is 11.8 Å². The summed E-state index contributed by atoms with van der Waals surface area (Å²) in [6, 6.07) is 0. The maximum Gasteiger partial charge on any atom is 0.394 e. The number of hydrogen-bond donors (Lipinski definition) is 0. The lowest BCUT2D eigenvalue weighted by Gasteiger charge is -2.38. The minimum Gasteiger partial charge on any atom is -0.246 e. The van der Waals surface area contributed by atoms with Gasteiger partial charge in [-0.1, -0.05) is 32.4 Å². The normalized spacial score (nSPS) is 43.5. The standard InChI is InChI=1S/C20H29F5S/c1-10-4-6-13(7-5-10)15-9-8-14-11(2)18(26-19(14)17(15)22)16(21)12(3)20(23,24)25/h6,10-12,14-19H,4-5,7-9H2,1-3H3. The van der Waals surface area contributed by atoms with Gasteiger partial charge in [-0.2, -0.15) is 13.2 Å². The molecule has 1 aliphatic heterocycles. The molecule has 9 unspecified atom stereocenters. The third-order valence-electron chi connectivity index (χ3n) is 6.93. The number of fused-ring (bicyclic) bond motifs is 1. The molecule has 1 heterocycles. The predicted molar refractivity (Wildman–Crippen MR) is 96.7 cm³/mol. The van der Waals surface area contributed by atoms with Crippen molar-refractivity contribution in [1.82, 2.24) is 0 Å². The number of alkyl halides is 5. The molecular formula is C20H29F5S. The molecule has 1 saturated carbocycles. The van der Waals surface area contributed by atoms with Gasteiger partial charge >= 0.3 is 6.18 Å². The molecule has 0 nitrogen and oxygen atoms in total. The molecule has 2 fully saturated rings. The Kier molecular flexibility index (Phi) is 6.01. The van der Waals surface area contributed by atoms with Crippen LogP contribution in [0.1, 0.15) is 52.9 Å². The Hall–Kier alpha value is -0.260. The van der Waals surface area contributed by atoms with Crippen LogP contribution in [0.15, 0.2) is 11.6 Å². The first kappa shape index (κ1) is 20.5. The van der Waals surface area contributed by atoms with Gasteiger partial charge in [0.1, 0.15) is 12.3 Å². The highest BCUT2D eigenvalue weighted by Gasteiger charge is 2.55. The third-order valence-corrected chi connectivity index (χ3v) is 8.86. The van der Waals surface area contributed by atoms with Gasteiger partial charge in [-0.15, -0.1) is 11.8 Å². The topological polar surface area (TPSA) is 0 Å². The Labute approximate surface area is 157 Å². The van der Waals surface area contributed by atoms with Crippen molar-refractivity contribution < 1.29 is 22.0 Å². The van der Waals surface area contributed by atoms with Gasteiger partial charge in [-0.05, 0) is 49.9 Å². The molecular weight excluding hydrogens is 367 g/mol. The highest BCUT2D eigenvalue weighted by atomic mass is 32.2. The molecule has 6 heteroatoms. The van der Waals surface area contributed by atoms with E-state index in [0.29, 0.717) is 5.92 Å². The molecule has 0 N–H and O–H groups in total. The van der Waals surface area contributed by atoms with Crippen molar-refractivity contribution in [3.05, 3.63) is 11.6 Å².